The lowest BCUT2D eigenvalue weighted by Crippen LogP contribution is -2.42. The van der Waals surface area contributed by atoms with E-state index in [1.54, 1.807) is 33.1 Å². The Bertz CT molecular complexity index is 1280. The van der Waals surface area contributed by atoms with Gasteiger partial charge in [-0.25, -0.2) is 23.1 Å². The summed E-state index contributed by atoms with van der Waals surface area (Å²) >= 11 is 0. The first kappa shape index (κ1) is 27.2. The summed E-state index contributed by atoms with van der Waals surface area (Å²) in [6.07, 6.45) is 0. The van der Waals surface area contributed by atoms with Crippen LogP contribution in [0.25, 0.3) is 5.69 Å². The summed E-state index contributed by atoms with van der Waals surface area (Å²) in [5, 5.41) is 10.2. The Morgan fingerprint density at radius 3 is 2.55 bits per heavy atom. The fraction of sp³-hybridized carbons (Fsp3) is 0.370. The van der Waals surface area contributed by atoms with Crippen molar-refractivity contribution in [1.82, 2.24) is 20.0 Å². The number of para-hydroxylation sites is 1. The molecule has 1 aliphatic rings. The van der Waals surface area contributed by atoms with Crippen LogP contribution < -0.4 is 10.6 Å². The molecule has 0 aliphatic carbocycles. The average molecular weight is 528 g/mol. The van der Waals surface area contributed by atoms with Gasteiger partial charge in [-0.05, 0) is 43.7 Å². The molecule has 38 heavy (non-hydrogen) atoms. The first-order valence-electron chi connectivity index (χ1n) is 12.4. The molecule has 1 saturated heterocycles. The van der Waals surface area contributed by atoms with Gasteiger partial charge in [0.2, 0.25) is 0 Å². The van der Waals surface area contributed by atoms with Gasteiger partial charge in [0, 0.05) is 38.2 Å². The summed E-state index contributed by atoms with van der Waals surface area (Å²) in [6, 6.07) is 12.0. The number of carbonyl (C=O) groups excluding carboxylic acids is 2. The van der Waals surface area contributed by atoms with E-state index < -0.39 is 29.7 Å². The van der Waals surface area contributed by atoms with Crippen LogP contribution in [-0.2, 0) is 9.47 Å². The van der Waals surface area contributed by atoms with Gasteiger partial charge in [0.15, 0.2) is 17.3 Å². The molecule has 2 atom stereocenters. The van der Waals surface area contributed by atoms with Gasteiger partial charge in [-0.2, -0.15) is 5.10 Å². The van der Waals surface area contributed by atoms with Crippen LogP contribution >= 0.6 is 0 Å². The fourth-order valence-corrected chi connectivity index (χ4v) is 4.62. The van der Waals surface area contributed by atoms with E-state index in [0.717, 1.165) is 6.07 Å². The van der Waals surface area contributed by atoms with E-state index in [1.165, 1.54) is 16.8 Å². The molecule has 11 heteroatoms. The van der Waals surface area contributed by atoms with Crippen molar-refractivity contribution in [3.05, 3.63) is 77.0 Å². The number of likely N-dealkylation sites (tertiary alicyclic amines) is 1. The Balaban J connectivity index is 1.59. The number of rotatable bonds is 9. The van der Waals surface area contributed by atoms with Gasteiger partial charge in [0.25, 0.3) is 0 Å². The number of carbonyl (C=O) groups is 2. The van der Waals surface area contributed by atoms with Gasteiger partial charge in [-0.1, -0.05) is 24.3 Å². The second kappa shape index (κ2) is 12.1. The number of nitrogens with zero attached hydrogens (tertiary/aromatic N) is 3. The number of esters is 1. The number of aromatic nitrogens is 2. The van der Waals surface area contributed by atoms with Crippen LogP contribution in [0.5, 0.6) is 0 Å². The van der Waals surface area contributed by atoms with Crippen molar-refractivity contribution in [1.29, 1.82) is 0 Å². The zero-order valence-electron chi connectivity index (χ0n) is 21.5. The lowest BCUT2D eigenvalue weighted by molar-refractivity contribution is 0.0518. The second-order valence-electron chi connectivity index (χ2n) is 9.03. The van der Waals surface area contributed by atoms with Crippen LogP contribution in [0.1, 0.15) is 34.5 Å². The van der Waals surface area contributed by atoms with Gasteiger partial charge >= 0.3 is 12.0 Å². The second-order valence-corrected chi connectivity index (χ2v) is 9.03. The lowest BCUT2D eigenvalue weighted by Gasteiger charge is -2.21. The third-order valence-electron chi connectivity index (χ3n) is 6.52. The topological polar surface area (TPSA) is 97.7 Å². The van der Waals surface area contributed by atoms with Crippen molar-refractivity contribution in [2.75, 3.05) is 45.3 Å². The molecule has 0 spiro atoms. The first-order valence-corrected chi connectivity index (χ1v) is 12.4. The molecule has 2 heterocycles. The van der Waals surface area contributed by atoms with Gasteiger partial charge in [0.05, 0.1) is 24.9 Å². The largest absolute Gasteiger partial charge is 0.461 e. The highest BCUT2D eigenvalue weighted by atomic mass is 19.2. The van der Waals surface area contributed by atoms with Crippen LogP contribution in [0.15, 0.2) is 48.5 Å². The summed E-state index contributed by atoms with van der Waals surface area (Å²) in [7, 11) is 1.61. The zero-order valence-corrected chi connectivity index (χ0v) is 21.5. The summed E-state index contributed by atoms with van der Waals surface area (Å²) in [5.74, 6) is -2.41. The summed E-state index contributed by atoms with van der Waals surface area (Å²) in [4.78, 5) is 27.9. The number of nitrogens with one attached hydrogen (secondary N) is 2. The monoisotopic (exact) mass is 527 g/mol. The maximum absolute atomic E-state index is 14.0. The normalized spacial score (nSPS) is 17.4. The average Bonchev–Trinajstić information content (AvgIpc) is 3.45. The molecular formula is C27H31F2N5O4. The number of hydrogen-bond acceptors (Lipinski definition) is 6. The van der Waals surface area contributed by atoms with Crippen molar-refractivity contribution < 1.29 is 27.8 Å². The lowest BCUT2D eigenvalue weighted by atomic mass is 9.94. The highest BCUT2D eigenvalue weighted by Gasteiger charge is 2.35. The van der Waals surface area contributed by atoms with Gasteiger partial charge in [-0.3, -0.25) is 10.2 Å². The minimum Gasteiger partial charge on any atom is -0.461 e. The highest BCUT2D eigenvalue weighted by molar-refractivity contribution is 5.95. The molecule has 3 aromatic rings. The van der Waals surface area contributed by atoms with E-state index in [0.29, 0.717) is 48.9 Å². The third-order valence-corrected chi connectivity index (χ3v) is 6.52. The molecule has 1 aliphatic heterocycles. The predicted octanol–water partition coefficient (Wildman–Crippen LogP) is 3.87. The smallest absolute Gasteiger partial charge is 0.359 e. The predicted molar refractivity (Wildman–Crippen MR) is 138 cm³/mol. The molecule has 4 rings (SSSR count). The molecule has 2 aromatic carbocycles. The summed E-state index contributed by atoms with van der Waals surface area (Å²) < 4.78 is 39.4. The van der Waals surface area contributed by atoms with Crippen molar-refractivity contribution in [2.24, 2.45) is 0 Å². The Hall–Kier alpha value is -3.83. The quantitative estimate of drug-likeness (QED) is 0.410. The number of anilines is 1. The first-order chi connectivity index (χ1) is 18.3. The van der Waals surface area contributed by atoms with E-state index >= 15 is 0 Å². The van der Waals surface area contributed by atoms with E-state index in [2.05, 4.69) is 20.6 Å². The Morgan fingerprint density at radius 1 is 1.11 bits per heavy atom. The number of urea groups is 1. The Morgan fingerprint density at radius 2 is 1.87 bits per heavy atom. The molecule has 2 amide bonds. The van der Waals surface area contributed by atoms with Crippen LogP contribution in [0.2, 0.25) is 0 Å². The van der Waals surface area contributed by atoms with E-state index in [1.807, 2.05) is 18.2 Å². The zero-order chi connectivity index (χ0) is 27.2. The van der Waals surface area contributed by atoms with Crippen molar-refractivity contribution in [2.45, 2.75) is 25.8 Å². The van der Waals surface area contributed by atoms with E-state index in [-0.39, 0.29) is 18.2 Å². The van der Waals surface area contributed by atoms with Crippen molar-refractivity contribution in [3.8, 4) is 5.69 Å². The highest BCUT2D eigenvalue weighted by Crippen LogP contribution is 2.29. The minimum absolute atomic E-state index is 0.0947. The summed E-state index contributed by atoms with van der Waals surface area (Å²) in [6.45, 7) is 5.72. The number of amides is 2. The molecule has 0 bridgehead atoms. The maximum atomic E-state index is 14.0. The van der Waals surface area contributed by atoms with E-state index in [9.17, 15) is 18.4 Å². The third kappa shape index (κ3) is 6.00. The van der Waals surface area contributed by atoms with Crippen LogP contribution in [0.4, 0.5) is 19.4 Å². The van der Waals surface area contributed by atoms with Crippen LogP contribution in [-0.4, -0.2) is 72.7 Å². The van der Waals surface area contributed by atoms with Gasteiger partial charge in [0.1, 0.15) is 5.82 Å². The number of methoxy groups -OCH3 is 1. The standard InChI is InChI=1S/C27H31F2N5O4/c1-4-38-26(35)24-17(2)25(34(32-24)19-8-6-5-7-9-19)31-27(36)30-23-16-33(12-13-37-3)15-20(23)18-10-11-21(28)22(29)14-18/h5-11,14,20,23H,4,12-13,15-16H2,1-3H3,(H2,30,31,36)/t20-,23+/m0/s1. The maximum Gasteiger partial charge on any atom is 0.359 e. The number of ether oxygens (including phenoxy) is 2. The Kier molecular flexibility index (Phi) is 8.70. The van der Waals surface area contributed by atoms with Gasteiger partial charge in [-0.15, -0.1) is 0 Å². The van der Waals surface area contributed by atoms with Crippen molar-refractivity contribution >= 4 is 17.8 Å². The number of benzene rings is 2. The minimum atomic E-state index is -0.935. The molecule has 9 nitrogen and oxygen atoms in total. The molecule has 1 aromatic heterocycles. The molecule has 0 radical (unpaired) electrons. The fourth-order valence-electron chi connectivity index (χ4n) is 4.62. The Labute approximate surface area is 219 Å². The van der Waals surface area contributed by atoms with Crippen LogP contribution in [0, 0.1) is 18.6 Å². The number of halogens is 2. The number of hydrogen-bond donors (Lipinski definition) is 2. The molecule has 0 saturated carbocycles. The van der Waals surface area contributed by atoms with Gasteiger partial charge < -0.3 is 14.8 Å². The van der Waals surface area contributed by atoms with Crippen molar-refractivity contribution in [3.63, 3.8) is 0 Å². The molecular weight excluding hydrogens is 496 g/mol. The summed E-state index contributed by atoms with van der Waals surface area (Å²) in [5.41, 5.74) is 1.78. The molecule has 0 unspecified atom stereocenters. The molecule has 1 fully saturated rings. The SMILES string of the molecule is CCOC(=O)c1nn(-c2ccccc2)c(NC(=O)N[C@@H]2CN(CCOC)C[C@H]2c2ccc(F)c(F)c2)c1C. The molecule has 202 valence electrons. The van der Waals surface area contributed by atoms with E-state index in [4.69, 9.17) is 9.47 Å². The molecule has 2 N–H and O–H groups in total. The van der Waals surface area contributed by atoms with Crippen LogP contribution in [0.3, 0.4) is 0 Å².